The van der Waals surface area contributed by atoms with Crippen molar-refractivity contribution in [3.63, 3.8) is 0 Å². The van der Waals surface area contributed by atoms with Crippen molar-refractivity contribution < 1.29 is 9.53 Å². The van der Waals surface area contributed by atoms with Gasteiger partial charge < -0.3 is 4.74 Å². The standard InChI is InChI=1S/C14H20O2/c1-10-5-6-13(12(3)9-10)14(15)11(2)7-8-16-4/h5-6,9,11H,7-8H2,1-4H3. The predicted octanol–water partition coefficient (Wildman–Crippen LogP) is 3.16. The van der Waals surface area contributed by atoms with Gasteiger partial charge in [0.1, 0.15) is 0 Å². The molecule has 0 aliphatic heterocycles. The minimum Gasteiger partial charge on any atom is -0.385 e. The lowest BCUT2D eigenvalue weighted by atomic mass is 9.93. The predicted molar refractivity (Wildman–Crippen MR) is 65.9 cm³/mol. The van der Waals surface area contributed by atoms with E-state index in [0.29, 0.717) is 6.61 Å². The minimum absolute atomic E-state index is 0.0290. The number of Topliss-reactive ketones (excluding diaryl/α,β-unsaturated/α-hetero) is 1. The van der Waals surface area contributed by atoms with Crippen molar-refractivity contribution >= 4 is 5.78 Å². The monoisotopic (exact) mass is 220 g/mol. The van der Waals surface area contributed by atoms with Gasteiger partial charge in [0.15, 0.2) is 5.78 Å². The summed E-state index contributed by atoms with van der Waals surface area (Å²) in [5, 5.41) is 0. The van der Waals surface area contributed by atoms with Gasteiger partial charge in [0.25, 0.3) is 0 Å². The molecule has 1 unspecified atom stereocenters. The maximum absolute atomic E-state index is 12.1. The van der Waals surface area contributed by atoms with Gasteiger partial charge in [-0.1, -0.05) is 30.7 Å². The van der Waals surface area contributed by atoms with E-state index < -0.39 is 0 Å². The van der Waals surface area contributed by atoms with E-state index in [1.807, 2.05) is 32.9 Å². The smallest absolute Gasteiger partial charge is 0.166 e. The number of hydrogen-bond donors (Lipinski definition) is 0. The molecule has 0 saturated carbocycles. The van der Waals surface area contributed by atoms with Gasteiger partial charge in [-0.05, 0) is 25.8 Å². The second kappa shape index (κ2) is 5.80. The average Bonchev–Trinajstić information content (AvgIpc) is 2.25. The van der Waals surface area contributed by atoms with Gasteiger partial charge in [0.05, 0.1) is 0 Å². The van der Waals surface area contributed by atoms with Gasteiger partial charge in [-0.15, -0.1) is 0 Å². The lowest BCUT2D eigenvalue weighted by Crippen LogP contribution is -2.14. The molecule has 88 valence electrons. The molecule has 0 saturated heterocycles. The van der Waals surface area contributed by atoms with Gasteiger partial charge in [0, 0.05) is 25.2 Å². The molecule has 0 fully saturated rings. The Labute approximate surface area is 97.6 Å². The Morgan fingerprint density at radius 3 is 2.62 bits per heavy atom. The van der Waals surface area contributed by atoms with Crippen molar-refractivity contribution in [3.05, 3.63) is 34.9 Å². The molecule has 0 spiro atoms. The van der Waals surface area contributed by atoms with E-state index in [0.717, 1.165) is 17.5 Å². The van der Waals surface area contributed by atoms with Gasteiger partial charge in [-0.2, -0.15) is 0 Å². The number of hydrogen-bond acceptors (Lipinski definition) is 2. The fourth-order valence-electron chi connectivity index (χ4n) is 1.78. The fraction of sp³-hybridized carbons (Fsp3) is 0.500. The first-order valence-electron chi connectivity index (χ1n) is 5.66. The van der Waals surface area contributed by atoms with E-state index in [2.05, 4.69) is 6.07 Å². The Hall–Kier alpha value is -1.15. The Balaban J connectivity index is 2.79. The van der Waals surface area contributed by atoms with Crippen LogP contribution in [-0.4, -0.2) is 19.5 Å². The van der Waals surface area contributed by atoms with Crippen LogP contribution in [0.15, 0.2) is 18.2 Å². The van der Waals surface area contributed by atoms with Crippen molar-refractivity contribution in [2.75, 3.05) is 13.7 Å². The van der Waals surface area contributed by atoms with Crippen molar-refractivity contribution in [2.24, 2.45) is 5.92 Å². The van der Waals surface area contributed by atoms with Crippen LogP contribution in [0.1, 0.15) is 34.8 Å². The molecule has 2 heteroatoms. The van der Waals surface area contributed by atoms with E-state index in [-0.39, 0.29) is 11.7 Å². The molecule has 0 heterocycles. The highest BCUT2D eigenvalue weighted by molar-refractivity contribution is 5.98. The normalized spacial score (nSPS) is 12.5. The number of ether oxygens (including phenoxy) is 1. The van der Waals surface area contributed by atoms with Crippen LogP contribution >= 0.6 is 0 Å². The molecule has 0 radical (unpaired) electrons. The SMILES string of the molecule is COCCC(C)C(=O)c1ccc(C)cc1C. The number of carbonyl (C=O) groups is 1. The summed E-state index contributed by atoms with van der Waals surface area (Å²) < 4.78 is 5.00. The molecule has 0 amide bonds. The third kappa shape index (κ3) is 3.17. The minimum atomic E-state index is 0.0290. The molecule has 1 atom stereocenters. The number of carbonyl (C=O) groups excluding carboxylic acids is 1. The summed E-state index contributed by atoms with van der Waals surface area (Å²) in [6, 6.07) is 5.97. The van der Waals surface area contributed by atoms with Crippen molar-refractivity contribution in [1.29, 1.82) is 0 Å². The topological polar surface area (TPSA) is 26.3 Å². The molecule has 1 aromatic carbocycles. The zero-order valence-corrected chi connectivity index (χ0v) is 10.5. The maximum Gasteiger partial charge on any atom is 0.166 e. The molecule has 0 aromatic heterocycles. The molecule has 0 aliphatic rings. The first-order chi connectivity index (χ1) is 7.56. The van der Waals surface area contributed by atoms with Crippen LogP contribution in [0.5, 0.6) is 0 Å². The Bertz CT molecular complexity index is 369. The molecule has 1 rings (SSSR count). The maximum atomic E-state index is 12.1. The Morgan fingerprint density at radius 1 is 1.38 bits per heavy atom. The van der Waals surface area contributed by atoms with Crippen molar-refractivity contribution in [2.45, 2.75) is 27.2 Å². The molecule has 0 aliphatic carbocycles. The summed E-state index contributed by atoms with van der Waals surface area (Å²) in [7, 11) is 1.66. The fourth-order valence-corrected chi connectivity index (χ4v) is 1.78. The number of methoxy groups -OCH3 is 1. The summed E-state index contributed by atoms with van der Waals surface area (Å²) in [5.74, 6) is 0.246. The average molecular weight is 220 g/mol. The van der Waals surface area contributed by atoms with Crippen LogP contribution in [0, 0.1) is 19.8 Å². The molecular weight excluding hydrogens is 200 g/mol. The van der Waals surface area contributed by atoms with Gasteiger partial charge in [0.2, 0.25) is 0 Å². The summed E-state index contributed by atoms with van der Waals surface area (Å²) in [4.78, 5) is 12.1. The third-order valence-electron chi connectivity index (χ3n) is 2.85. The first kappa shape index (κ1) is 12.9. The quantitative estimate of drug-likeness (QED) is 0.712. The largest absolute Gasteiger partial charge is 0.385 e. The molecular formula is C14H20O2. The summed E-state index contributed by atoms with van der Waals surface area (Å²) in [6.07, 6.45) is 0.780. The van der Waals surface area contributed by atoms with Crippen molar-refractivity contribution in [3.8, 4) is 0 Å². The summed E-state index contributed by atoms with van der Waals surface area (Å²) in [6.45, 7) is 6.62. The zero-order valence-electron chi connectivity index (χ0n) is 10.5. The second-order valence-corrected chi connectivity index (χ2v) is 4.37. The van der Waals surface area contributed by atoms with Gasteiger partial charge in [-0.3, -0.25) is 4.79 Å². The molecule has 0 bridgehead atoms. The second-order valence-electron chi connectivity index (χ2n) is 4.37. The van der Waals surface area contributed by atoms with Gasteiger partial charge in [-0.25, -0.2) is 0 Å². The molecule has 2 nitrogen and oxygen atoms in total. The van der Waals surface area contributed by atoms with Crippen LogP contribution in [0.4, 0.5) is 0 Å². The van der Waals surface area contributed by atoms with Crippen LogP contribution in [0.2, 0.25) is 0 Å². The highest BCUT2D eigenvalue weighted by atomic mass is 16.5. The Morgan fingerprint density at radius 2 is 2.06 bits per heavy atom. The van der Waals surface area contributed by atoms with E-state index >= 15 is 0 Å². The van der Waals surface area contributed by atoms with E-state index in [9.17, 15) is 4.79 Å². The molecule has 16 heavy (non-hydrogen) atoms. The van der Waals surface area contributed by atoms with E-state index in [1.54, 1.807) is 7.11 Å². The number of rotatable bonds is 5. The zero-order chi connectivity index (χ0) is 12.1. The van der Waals surface area contributed by atoms with Crippen molar-refractivity contribution in [1.82, 2.24) is 0 Å². The summed E-state index contributed by atoms with van der Waals surface area (Å²) in [5.41, 5.74) is 3.10. The lowest BCUT2D eigenvalue weighted by Gasteiger charge is -2.12. The van der Waals surface area contributed by atoms with Crippen LogP contribution in [0.25, 0.3) is 0 Å². The molecule has 0 N–H and O–H groups in total. The number of benzene rings is 1. The van der Waals surface area contributed by atoms with Crippen LogP contribution in [-0.2, 0) is 4.74 Å². The summed E-state index contributed by atoms with van der Waals surface area (Å²) >= 11 is 0. The number of aryl methyl sites for hydroxylation is 2. The lowest BCUT2D eigenvalue weighted by molar-refractivity contribution is 0.0893. The van der Waals surface area contributed by atoms with E-state index in [4.69, 9.17) is 4.74 Å². The highest BCUT2D eigenvalue weighted by Crippen LogP contribution is 2.17. The van der Waals surface area contributed by atoms with Crippen LogP contribution < -0.4 is 0 Å². The molecule has 1 aromatic rings. The van der Waals surface area contributed by atoms with E-state index in [1.165, 1.54) is 5.56 Å². The third-order valence-corrected chi connectivity index (χ3v) is 2.85. The first-order valence-corrected chi connectivity index (χ1v) is 5.66. The van der Waals surface area contributed by atoms with Gasteiger partial charge >= 0.3 is 0 Å². The number of ketones is 1. The van der Waals surface area contributed by atoms with Crippen LogP contribution in [0.3, 0.4) is 0 Å². The highest BCUT2D eigenvalue weighted by Gasteiger charge is 2.16. The Kier molecular flexibility index (Phi) is 4.69.